The third kappa shape index (κ3) is 1.56. The Labute approximate surface area is 85.3 Å². The average Bonchev–Trinajstić information content (AvgIpc) is 2.62. The maximum Gasteiger partial charge on any atom is 0.0743 e. The highest BCUT2D eigenvalue weighted by Gasteiger charge is 2.45. The van der Waals surface area contributed by atoms with Crippen molar-refractivity contribution in [2.45, 2.75) is 25.0 Å². The molecule has 0 radical (unpaired) electrons. The second-order valence-electron chi connectivity index (χ2n) is 4.17. The van der Waals surface area contributed by atoms with Crippen LogP contribution in [0.1, 0.15) is 13.3 Å². The predicted molar refractivity (Wildman–Crippen MR) is 54.2 cm³/mol. The van der Waals surface area contributed by atoms with Crippen LogP contribution in [0.2, 0.25) is 0 Å². The molecule has 2 aliphatic rings. The minimum Gasteiger partial charge on any atom is -0.379 e. The number of nitrogens with zero attached hydrogens (tertiary/aromatic N) is 1. The molecule has 2 aliphatic heterocycles. The summed E-state index contributed by atoms with van der Waals surface area (Å²) >= 11 is 0. The van der Waals surface area contributed by atoms with E-state index < -0.39 is 0 Å². The van der Waals surface area contributed by atoms with Crippen LogP contribution in [0.3, 0.4) is 0 Å². The fourth-order valence-electron chi connectivity index (χ4n) is 2.59. The van der Waals surface area contributed by atoms with Crippen LogP contribution in [0.5, 0.6) is 0 Å². The first-order chi connectivity index (χ1) is 6.79. The van der Waals surface area contributed by atoms with Gasteiger partial charge in [-0.25, -0.2) is 0 Å². The highest BCUT2D eigenvalue weighted by Crippen LogP contribution is 2.31. The number of hydrogen-bond acceptors (Lipinski definition) is 4. The van der Waals surface area contributed by atoms with Crippen molar-refractivity contribution < 1.29 is 9.47 Å². The number of hydrogen-bond donors (Lipinski definition) is 1. The van der Waals surface area contributed by atoms with Crippen molar-refractivity contribution >= 4 is 0 Å². The average molecular weight is 200 g/mol. The van der Waals surface area contributed by atoms with E-state index in [1.807, 2.05) is 0 Å². The van der Waals surface area contributed by atoms with Gasteiger partial charge in [0.25, 0.3) is 0 Å². The summed E-state index contributed by atoms with van der Waals surface area (Å²) in [4.78, 5) is 2.45. The third-order valence-corrected chi connectivity index (χ3v) is 3.65. The van der Waals surface area contributed by atoms with Gasteiger partial charge in [0.15, 0.2) is 0 Å². The van der Waals surface area contributed by atoms with Gasteiger partial charge in [-0.05, 0) is 13.3 Å². The number of rotatable bonds is 2. The summed E-state index contributed by atoms with van der Waals surface area (Å²) in [6, 6.07) is 0. The summed E-state index contributed by atoms with van der Waals surface area (Å²) in [7, 11) is 0. The standard InChI is InChI=1S/C10H20N2O2/c1-9-10(8-11,2-5-14-9)12-3-6-13-7-4-12/h9H,2-8,11H2,1H3. The van der Waals surface area contributed by atoms with Gasteiger partial charge in [0.05, 0.1) is 24.9 Å². The van der Waals surface area contributed by atoms with E-state index in [0.29, 0.717) is 6.54 Å². The summed E-state index contributed by atoms with van der Waals surface area (Å²) in [5.74, 6) is 0. The molecule has 2 atom stereocenters. The highest BCUT2D eigenvalue weighted by atomic mass is 16.5. The van der Waals surface area contributed by atoms with E-state index in [-0.39, 0.29) is 11.6 Å². The molecule has 2 fully saturated rings. The second-order valence-corrected chi connectivity index (χ2v) is 4.17. The van der Waals surface area contributed by atoms with Crippen molar-refractivity contribution in [2.24, 2.45) is 5.73 Å². The Hall–Kier alpha value is -0.160. The number of morpholine rings is 1. The first kappa shape index (κ1) is 10.4. The van der Waals surface area contributed by atoms with Crippen molar-refractivity contribution in [1.29, 1.82) is 0 Å². The molecule has 0 spiro atoms. The van der Waals surface area contributed by atoms with Crippen LogP contribution in [-0.4, -0.2) is 56.0 Å². The van der Waals surface area contributed by atoms with Crippen molar-refractivity contribution in [3.05, 3.63) is 0 Å². The first-order valence-electron chi connectivity index (χ1n) is 5.44. The third-order valence-electron chi connectivity index (χ3n) is 3.65. The SMILES string of the molecule is CC1OCCC1(CN)N1CCOCC1. The van der Waals surface area contributed by atoms with Gasteiger partial charge in [0.1, 0.15) is 0 Å². The topological polar surface area (TPSA) is 47.7 Å². The normalized spacial score (nSPS) is 40.3. The Morgan fingerprint density at radius 3 is 2.57 bits per heavy atom. The molecule has 2 unspecified atom stereocenters. The lowest BCUT2D eigenvalue weighted by Gasteiger charge is -2.44. The molecular formula is C10H20N2O2. The Morgan fingerprint density at radius 2 is 2.07 bits per heavy atom. The molecule has 4 nitrogen and oxygen atoms in total. The van der Waals surface area contributed by atoms with Crippen LogP contribution >= 0.6 is 0 Å². The van der Waals surface area contributed by atoms with Crippen LogP contribution in [-0.2, 0) is 9.47 Å². The molecule has 2 saturated heterocycles. The molecular weight excluding hydrogens is 180 g/mol. The Morgan fingerprint density at radius 1 is 1.36 bits per heavy atom. The van der Waals surface area contributed by atoms with Crippen molar-refractivity contribution in [1.82, 2.24) is 4.90 Å². The molecule has 2 N–H and O–H groups in total. The van der Waals surface area contributed by atoms with Crippen molar-refractivity contribution in [2.75, 3.05) is 39.5 Å². The molecule has 0 bridgehead atoms. The molecule has 14 heavy (non-hydrogen) atoms. The predicted octanol–water partition coefficient (Wildman–Crippen LogP) is -0.175. The van der Waals surface area contributed by atoms with Gasteiger partial charge in [0, 0.05) is 26.2 Å². The van der Waals surface area contributed by atoms with Gasteiger partial charge in [-0.15, -0.1) is 0 Å². The van der Waals surface area contributed by atoms with Gasteiger partial charge in [-0.1, -0.05) is 0 Å². The maximum atomic E-state index is 5.93. The zero-order valence-corrected chi connectivity index (χ0v) is 8.87. The summed E-state index contributed by atoms with van der Waals surface area (Å²) < 4.78 is 11.0. The summed E-state index contributed by atoms with van der Waals surface area (Å²) in [6.45, 7) is 7.30. The molecule has 2 rings (SSSR count). The Balaban J connectivity index is 2.09. The fourth-order valence-corrected chi connectivity index (χ4v) is 2.59. The van der Waals surface area contributed by atoms with Gasteiger partial charge in [-0.3, -0.25) is 4.90 Å². The molecule has 0 aromatic heterocycles. The first-order valence-corrected chi connectivity index (χ1v) is 5.44. The number of nitrogens with two attached hydrogens (primary N) is 1. The highest BCUT2D eigenvalue weighted by molar-refractivity contribution is 5.00. The molecule has 82 valence electrons. The second kappa shape index (κ2) is 4.14. The molecule has 0 saturated carbocycles. The van der Waals surface area contributed by atoms with Crippen LogP contribution in [0.4, 0.5) is 0 Å². The fraction of sp³-hybridized carbons (Fsp3) is 1.00. The van der Waals surface area contributed by atoms with Gasteiger partial charge in [0.2, 0.25) is 0 Å². The zero-order chi connectivity index (χ0) is 10.0. The van der Waals surface area contributed by atoms with Gasteiger partial charge < -0.3 is 15.2 Å². The molecule has 0 amide bonds. The van der Waals surface area contributed by atoms with Crippen LogP contribution < -0.4 is 5.73 Å². The van der Waals surface area contributed by atoms with E-state index in [0.717, 1.165) is 39.3 Å². The quantitative estimate of drug-likeness (QED) is 0.672. The lowest BCUT2D eigenvalue weighted by Crippen LogP contribution is -2.61. The lowest BCUT2D eigenvalue weighted by atomic mass is 9.89. The molecule has 4 heteroatoms. The van der Waals surface area contributed by atoms with Crippen LogP contribution in [0.15, 0.2) is 0 Å². The van der Waals surface area contributed by atoms with E-state index in [9.17, 15) is 0 Å². The monoisotopic (exact) mass is 200 g/mol. The van der Waals surface area contributed by atoms with Crippen molar-refractivity contribution in [3.8, 4) is 0 Å². The minimum atomic E-state index is 0.0732. The largest absolute Gasteiger partial charge is 0.379 e. The molecule has 0 aliphatic carbocycles. The van der Waals surface area contributed by atoms with Gasteiger partial charge >= 0.3 is 0 Å². The zero-order valence-electron chi connectivity index (χ0n) is 8.87. The van der Waals surface area contributed by atoms with E-state index in [4.69, 9.17) is 15.2 Å². The molecule has 2 heterocycles. The van der Waals surface area contributed by atoms with Crippen molar-refractivity contribution in [3.63, 3.8) is 0 Å². The van der Waals surface area contributed by atoms with Crippen LogP contribution in [0.25, 0.3) is 0 Å². The smallest absolute Gasteiger partial charge is 0.0743 e. The maximum absolute atomic E-state index is 5.93. The summed E-state index contributed by atoms with van der Waals surface area (Å²) in [5, 5.41) is 0. The van der Waals surface area contributed by atoms with E-state index in [1.165, 1.54) is 0 Å². The Bertz CT molecular complexity index is 195. The lowest BCUT2D eigenvalue weighted by molar-refractivity contribution is -0.0457. The van der Waals surface area contributed by atoms with E-state index in [2.05, 4.69) is 11.8 Å². The summed E-state index contributed by atoms with van der Waals surface area (Å²) in [6.07, 6.45) is 1.32. The molecule has 0 aromatic rings. The van der Waals surface area contributed by atoms with Crippen LogP contribution in [0, 0.1) is 0 Å². The van der Waals surface area contributed by atoms with E-state index in [1.54, 1.807) is 0 Å². The van der Waals surface area contributed by atoms with Gasteiger partial charge in [-0.2, -0.15) is 0 Å². The number of ether oxygens (including phenoxy) is 2. The molecule has 0 aromatic carbocycles. The minimum absolute atomic E-state index is 0.0732. The Kier molecular flexibility index (Phi) is 3.07. The van der Waals surface area contributed by atoms with E-state index >= 15 is 0 Å². The summed E-state index contributed by atoms with van der Waals surface area (Å²) in [5.41, 5.74) is 6.00.